The summed E-state index contributed by atoms with van der Waals surface area (Å²) < 4.78 is 0. The number of rotatable bonds is 33. The highest BCUT2D eigenvalue weighted by molar-refractivity contribution is 7.26. The second-order valence-corrected chi connectivity index (χ2v) is 31.1. The number of hydrogen-bond acceptors (Lipinski definition) is 34. The molecule has 0 saturated carbocycles. The minimum absolute atomic E-state index is 0.0705. The van der Waals surface area contributed by atoms with Gasteiger partial charge in [0.2, 0.25) is 30.8 Å². The third-order valence-electron chi connectivity index (χ3n) is 18.2. The topological polar surface area (TPSA) is 338 Å². The summed E-state index contributed by atoms with van der Waals surface area (Å²) in [5, 5.41) is 75.5. The monoisotopic (exact) mass is 1640 g/mol. The van der Waals surface area contributed by atoms with E-state index in [9.17, 15) is 10.2 Å². The molecule has 34 heteroatoms. The van der Waals surface area contributed by atoms with Crippen LogP contribution in [0.25, 0.3) is 29.3 Å². The van der Waals surface area contributed by atoms with Crippen molar-refractivity contribution in [2.75, 3.05) is 119 Å². The van der Waals surface area contributed by atoms with E-state index in [4.69, 9.17) is 11.5 Å². The van der Waals surface area contributed by atoms with Crippen molar-refractivity contribution < 1.29 is 10.2 Å². The first kappa shape index (κ1) is 85.1. The molecule has 0 amide bonds. The van der Waals surface area contributed by atoms with E-state index in [1.54, 1.807) is 61.4 Å². The number of nitrogen functional groups attached to an aromatic ring is 2. The van der Waals surface area contributed by atoms with Gasteiger partial charge in [-0.05, 0) is 205 Å². The number of azo groups is 6. The summed E-state index contributed by atoms with van der Waals surface area (Å²) >= 11 is 8.51. The Hall–Kier alpha value is -11.3. The fourth-order valence-corrected chi connectivity index (χ4v) is 16.4. The van der Waals surface area contributed by atoms with Gasteiger partial charge < -0.3 is 51.1 Å². The van der Waals surface area contributed by atoms with Crippen LogP contribution in [0.4, 0.5) is 110 Å². The summed E-state index contributed by atoms with van der Waals surface area (Å²) in [7, 11) is 0. The van der Waals surface area contributed by atoms with Crippen LogP contribution in [0, 0.1) is 13.8 Å². The molecule has 114 heavy (non-hydrogen) atoms. The molecule has 594 valence electrons. The number of phenols is 2. The molecule has 0 atom stereocenters. The van der Waals surface area contributed by atoms with E-state index in [2.05, 4.69) is 242 Å². The maximum absolute atomic E-state index is 10.4. The van der Waals surface area contributed by atoms with Gasteiger partial charge in [0.1, 0.15) is 34.2 Å². The molecule has 0 aliphatic carbocycles. The molecule has 0 aliphatic rings. The lowest BCUT2D eigenvalue weighted by atomic mass is 10.1. The van der Waals surface area contributed by atoms with Gasteiger partial charge in [-0.2, -0.15) is 0 Å². The zero-order chi connectivity index (χ0) is 81.2. The maximum Gasteiger partial charge on any atom is 0.230 e. The lowest BCUT2D eigenvalue weighted by molar-refractivity contribution is 0.476. The van der Waals surface area contributed by atoms with Crippen LogP contribution in [0.3, 0.4) is 0 Å². The summed E-state index contributed by atoms with van der Waals surface area (Å²) in [6.45, 7) is 40.5. The second kappa shape index (κ2) is 42.0. The number of nitrogens with zero attached hydrogens (tertiary/aromatic N) is 24. The number of aryl methyl sites for hydroxylation is 2. The molecule has 0 unspecified atom stereocenters. The van der Waals surface area contributed by atoms with Crippen molar-refractivity contribution in [1.82, 2.24) is 29.9 Å². The highest BCUT2D eigenvalue weighted by Crippen LogP contribution is 2.44. The van der Waals surface area contributed by atoms with Crippen LogP contribution in [0.15, 0.2) is 208 Å². The van der Waals surface area contributed by atoms with Crippen molar-refractivity contribution in [3.05, 3.63) is 158 Å². The number of aromatic nitrogens is 6. The normalized spacial score (nSPS) is 11.6. The summed E-state index contributed by atoms with van der Waals surface area (Å²) in [6.07, 6.45) is 10.5. The number of nitrogens with two attached hydrogens (primary N) is 2. The van der Waals surface area contributed by atoms with Crippen LogP contribution in [-0.4, -0.2) is 119 Å². The molecule has 28 nitrogen and oxygen atoms in total. The Kier molecular flexibility index (Phi) is 31.4. The number of benzene rings is 6. The molecule has 12 aromatic rings. The second-order valence-electron chi connectivity index (χ2n) is 25.1. The standard InChI is InChI=1S/C28H34N8S2.C26H32N10S2.C26H30N8O2S2/c1-7-35(8-2)21-11-13-23(19(5)15-21)31-33-27-29-17-25(37-27)26-18-30-28(38-26)34-32-24-14-12-22(16-20(24)6)36(9-3)10-4;1-5-35(6-2)17-9-11-21(19(27)13-17)31-33-25-29-15-23(37-25)24-16-30-26(38-24)34-32-22-12-10-18(14-20(22)28)36(7-3)8-4;1-5-33(6-2)17-9-11-19(21(35)13-17)29-31-25-27-15-23(37-25)24-16-28-26(38-24)32-30-20-12-10-18(14-22(20)36)34(7-3)8-4/h11-18H,7-10H2,1-6H3;9-16H,5-8,27-28H2,1-4H3;9-16,35-36H,5-8H2,1-4H3. The molecule has 12 rings (SSSR count). The van der Waals surface area contributed by atoms with Gasteiger partial charge in [-0.1, -0.05) is 68.0 Å². The molecule has 6 aromatic carbocycles. The van der Waals surface area contributed by atoms with Gasteiger partial charge in [0, 0.05) is 162 Å². The average Bonchev–Trinajstić information content (AvgIpc) is 1.69. The van der Waals surface area contributed by atoms with E-state index in [0.29, 0.717) is 64.9 Å². The van der Waals surface area contributed by atoms with Crippen LogP contribution in [0.2, 0.25) is 0 Å². The minimum Gasteiger partial charge on any atom is -0.506 e. The van der Waals surface area contributed by atoms with Gasteiger partial charge in [-0.3, -0.25) is 0 Å². The molecular weight excluding hydrogens is 1550 g/mol. The molecule has 0 spiro atoms. The first-order valence-corrected chi connectivity index (χ1v) is 42.7. The molecule has 0 saturated heterocycles. The van der Waals surface area contributed by atoms with Crippen LogP contribution >= 0.6 is 68.0 Å². The Morgan fingerprint density at radius 1 is 0.254 bits per heavy atom. The van der Waals surface area contributed by atoms with Crippen molar-refractivity contribution in [3.8, 4) is 40.8 Å². The Morgan fingerprint density at radius 3 is 0.640 bits per heavy atom. The predicted molar refractivity (Wildman–Crippen MR) is 476 cm³/mol. The lowest BCUT2D eigenvalue weighted by Crippen LogP contribution is -2.21. The van der Waals surface area contributed by atoms with Gasteiger partial charge in [-0.15, -0.1) is 61.4 Å². The fraction of sp³-hybridized carbons (Fsp3) is 0.325. The van der Waals surface area contributed by atoms with Gasteiger partial charge in [0.05, 0.1) is 52.0 Å². The highest BCUT2D eigenvalue weighted by atomic mass is 32.1. The number of anilines is 8. The van der Waals surface area contributed by atoms with E-state index < -0.39 is 0 Å². The molecular formula is C80H96N26O2S6. The van der Waals surface area contributed by atoms with E-state index >= 15 is 0 Å². The Bertz CT molecular complexity index is 4450. The zero-order valence-electron chi connectivity index (χ0n) is 66.6. The van der Waals surface area contributed by atoms with Crippen LogP contribution in [0.5, 0.6) is 11.5 Å². The van der Waals surface area contributed by atoms with Crippen LogP contribution in [-0.2, 0) is 0 Å². The number of hydrogen-bond donors (Lipinski definition) is 4. The quantitative estimate of drug-likeness (QED) is 0.0219. The third kappa shape index (κ3) is 22.5. The molecule has 6 aromatic heterocycles. The number of aromatic hydroxyl groups is 2. The fourth-order valence-electron chi connectivity index (χ4n) is 11.8. The van der Waals surface area contributed by atoms with Crippen LogP contribution in [0.1, 0.15) is 94.2 Å². The number of thiazole rings is 6. The van der Waals surface area contributed by atoms with E-state index in [-0.39, 0.29) is 11.5 Å². The smallest absolute Gasteiger partial charge is 0.230 e. The van der Waals surface area contributed by atoms with Crippen LogP contribution < -0.4 is 40.9 Å². The lowest BCUT2D eigenvalue weighted by Gasteiger charge is -2.21. The third-order valence-corrected chi connectivity index (χ3v) is 24.1. The zero-order valence-corrected chi connectivity index (χ0v) is 71.5. The maximum atomic E-state index is 10.4. The minimum atomic E-state index is 0.0705. The van der Waals surface area contributed by atoms with E-state index in [1.807, 2.05) is 60.7 Å². The first-order valence-electron chi connectivity index (χ1n) is 37.8. The Morgan fingerprint density at radius 2 is 0.439 bits per heavy atom. The summed E-state index contributed by atoms with van der Waals surface area (Å²) in [5.74, 6) is 0.141. The molecule has 6 N–H and O–H groups in total. The van der Waals surface area contributed by atoms with Crippen molar-refractivity contribution in [3.63, 3.8) is 0 Å². The van der Waals surface area contributed by atoms with Gasteiger partial charge >= 0.3 is 0 Å². The predicted octanol–water partition coefficient (Wildman–Crippen LogP) is 25.6. The summed E-state index contributed by atoms with van der Waals surface area (Å²) in [4.78, 5) is 45.1. The summed E-state index contributed by atoms with van der Waals surface area (Å²) in [5.41, 5.74) is 25.9. The van der Waals surface area contributed by atoms with E-state index in [1.165, 1.54) is 79.4 Å². The summed E-state index contributed by atoms with van der Waals surface area (Å²) in [6, 6.07) is 34.9. The van der Waals surface area contributed by atoms with Crippen molar-refractivity contribution in [2.24, 2.45) is 61.4 Å². The van der Waals surface area contributed by atoms with Crippen molar-refractivity contribution >= 4 is 178 Å². The molecule has 0 fully saturated rings. The average molecular weight is 1650 g/mol. The van der Waals surface area contributed by atoms with E-state index in [0.717, 1.165) is 153 Å². The van der Waals surface area contributed by atoms with Gasteiger partial charge in [0.15, 0.2) is 0 Å². The Labute approximate surface area is 689 Å². The molecule has 6 heterocycles. The highest BCUT2D eigenvalue weighted by Gasteiger charge is 2.17. The number of phenolic OH excluding ortho intramolecular Hbond substituents is 2. The van der Waals surface area contributed by atoms with Gasteiger partial charge in [0.25, 0.3) is 0 Å². The van der Waals surface area contributed by atoms with Gasteiger partial charge in [-0.25, -0.2) is 29.9 Å². The molecule has 0 aliphatic heterocycles. The molecule has 0 bridgehead atoms. The largest absolute Gasteiger partial charge is 0.506 e. The first-order chi connectivity index (χ1) is 55.3. The van der Waals surface area contributed by atoms with Crippen molar-refractivity contribution in [1.29, 1.82) is 0 Å². The SMILES string of the molecule is CCN(CC)c1ccc(N=Nc2ncc(-c3cnc(N=Nc4ccc(N(CC)CC)cc4C)s3)s2)c(C)c1.CCN(CC)c1ccc(N=Nc2ncc(-c3cnc(N=Nc4ccc(N(CC)CC)cc4N)s3)s2)c(N)c1.CCN(CC)c1ccc(N=Nc2ncc(-c3cnc(N=Nc4ccc(N(CC)CC)cc4O)s3)s2)c(O)c1. The van der Waals surface area contributed by atoms with Crippen molar-refractivity contribution in [2.45, 2.75) is 96.9 Å². The Balaban J connectivity index is 0.000000181. The molecule has 0 radical (unpaired) electrons.